The van der Waals surface area contributed by atoms with Gasteiger partial charge in [-0.2, -0.15) is 5.26 Å². The van der Waals surface area contributed by atoms with Crippen molar-refractivity contribution in [1.29, 1.82) is 5.26 Å². The number of benzene rings is 2. The molecule has 0 amide bonds. The summed E-state index contributed by atoms with van der Waals surface area (Å²) in [6.07, 6.45) is 0. The molecule has 4 nitrogen and oxygen atoms in total. The van der Waals surface area contributed by atoms with Crippen molar-refractivity contribution in [1.82, 2.24) is 0 Å². The van der Waals surface area contributed by atoms with Gasteiger partial charge in [-0.1, -0.05) is 12.1 Å². The number of aryl methyl sites for hydroxylation is 2. The summed E-state index contributed by atoms with van der Waals surface area (Å²) in [6.45, 7) is 4.44. The Morgan fingerprint density at radius 2 is 1.82 bits per heavy atom. The van der Waals surface area contributed by atoms with Crippen LogP contribution in [0.3, 0.4) is 0 Å². The van der Waals surface area contributed by atoms with Crippen molar-refractivity contribution < 1.29 is 14.3 Å². The molecule has 0 unspecified atom stereocenters. The van der Waals surface area contributed by atoms with Crippen LogP contribution in [0.2, 0.25) is 0 Å². The fraction of sp³-hybridized carbons (Fsp3) is 0.222. The average Bonchev–Trinajstić information content (AvgIpc) is 2.50. The molecule has 0 aromatic heterocycles. The Kier molecular flexibility index (Phi) is 5.16. The van der Waals surface area contributed by atoms with Gasteiger partial charge in [-0.15, -0.1) is 0 Å². The van der Waals surface area contributed by atoms with Gasteiger partial charge in [-0.05, 0) is 55.3 Å². The van der Waals surface area contributed by atoms with Gasteiger partial charge in [0.2, 0.25) is 0 Å². The van der Waals surface area contributed by atoms with Crippen molar-refractivity contribution in [3.63, 3.8) is 0 Å². The highest BCUT2D eigenvalue weighted by molar-refractivity contribution is 5.89. The van der Waals surface area contributed by atoms with Gasteiger partial charge < -0.3 is 9.47 Å². The SMILES string of the molecule is Cc1cc(C)cc(OCCOC(=O)c2cccc(C#N)c2)c1. The third-order valence-corrected chi connectivity index (χ3v) is 3.01. The number of ether oxygens (including phenoxy) is 2. The largest absolute Gasteiger partial charge is 0.490 e. The summed E-state index contributed by atoms with van der Waals surface area (Å²) in [5.74, 6) is 0.307. The Morgan fingerprint density at radius 1 is 1.09 bits per heavy atom. The van der Waals surface area contributed by atoms with E-state index in [1.165, 1.54) is 6.07 Å². The Balaban J connectivity index is 1.83. The second-order valence-electron chi connectivity index (χ2n) is 5.00. The van der Waals surface area contributed by atoms with Crippen LogP contribution >= 0.6 is 0 Å². The smallest absolute Gasteiger partial charge is 0.338 e. The second-order valence-corrected chi connectivity index (χ2v) is 5.00. The highest BCUT2D eigenvalue weighted by Crippen LogP contribution is 2.16. The normalized spacial score (nSPS) is 9.86. The van der Waals surface area contributed by atoms with Crippen molar-refractivity contribution in [3.05, 3.63) is 64.7 Å². The molecule has 0 N–H and O–H groups in total. The predicted octanol–water partition coefficient (Wildman–Crippen LogP) is 3.41. The second kappa shape index (κ2) is 7.28. The lowest BCUT2D eigenvalue weighted by Crippen LogP contribution is -2.12. The number of carbonyl (C=O) groups is 1. The summed E-state index contributed by atoms with van der Waals surface area (Å²) in [4.78, 5) is 11.8. The molecule has 2 rings (SSSR count). The van der Waals surface area contributed by atoms with Gasteiger partial charge in [-0.3, -0.25) is 0 Å². The standard InChI is InChI=1S/C18H17NO3/c1-13-8-14(2)10-17(9-13)21-6-7-22-18(20)16-5-3-4-15(11-16)12-19/h3-5,8-11H,6-7H2,1-2H3. The van der Waals surface area contributed by atoms with Gasteiger partial charge >= 0.3 is 5.97 Å². The van der Waals surface area contributed by atoms with Crippen LogP contribution in [-0.4, -0.2) is 19.2 Å². The quantitative estimate of drug-likeness (QED) is 0.626. The molecule has 4 heteroatoms. The van der Waals surface area contributed by atoms with Crippen LogP contribution in [0, 0.1) is 25.2 Å². The van der Waals surface area contributed by atoms with Crippen LogP contribution in [0.15, 0.2) is 42.5 Å². The minimum absolute atomic E-state index is 0.155. The number of hydrogen-bond donors (Lipinski definition) is 0. The minimum Gasteiger partial charge on any atom is -0.490 e. The molecule has 0 spiro atoms. The molecule has 0 fully saturated rings. The molecular weight excluding hydrogens is 278 g/mol. The summed E-state index contributed by atoms with van der Waals surface area (Å²) in [5.41, 5.74) is 3.05. The number of carbonyl (C=O) groups excluding carboxylic acids is 1. The lowest BCUT2D eigenvalue weighted by molar-refractivity contribution is 0.0450. The molecule has 0 saturated carbocycles. The first-order valence-electron chi connectivity index (χ1n) is 6.97. The number of esters is 1. The van der Waals surface area contributed by atoms with E-state index >= 15 is 0 Å². The summed E-state index contributed by atoms with van der Waals surface area (Å²) in [6, 6.07) is 14.3. The van der Waals surface area contributed by atoms with Crippen molar-refractivity contribution in [2.24, 2.45) is 0 Å². The van der Waals surface area contributed by atoms with Gasteiger partial charge in [0, 0.05) is 0 Å². The van der Waals surface area contributed by atoms with Crippen LogP contribution in [0.1, 0.15) is 27.0 Å². The lowest BCUT2D eigenvalue weighted by atomic mass is 10.1. The molecule has 0 saturated heterocycles. The van der Waals surface area contributed by atoms with E-state index in [1.807, 2.05) is 32.0 Å². The molecule has 0 aliphatic carbocycles. The maximum absolute atomic E-state index is 11.8. The zero-order valence-corrected chi connectivity index (χ0v) is 12.6. The molecule has 22 heavy (non-hydrogen) atoms. The molecule has 2 aromatic carbocycles. The third kappa shape index (κ3) is 4.35. The summed E-state index contributed by atoms with van der Waals surface area (Å²) in [7, 11) is 0. The molecular formula is C18H17NO3. The molecule has 0 aliphatic heterocycles. The Hall–Kier alpha value is -2.80. The Bertz CT molecular complexity index is 696. The summed E-state index contributed by atoms with van der Waals surface area (Å²) < 4.78 is 10.7. The predicted molar refractivity (Wildman–Crippen MR) is 82.9 cm³/mol. The first-order chi connectivity index (χ1) is 10.6. The topological polar surface area (TPSA) is 59.3 Å². The zero-order chi connectivity index (χ0) is 15.9. The van der Waals surface area contributed by atoms with Crippen molar-refractivity contribution in [2.75, 3.05) is 13.2 Å². The van der Waals surface area contributed by atoms with Crippen LogP contribution in [0.4, 0.5) is 0 Å². The van der Waals surface area contributed by atoms with E-state index in [9.17, 15) is 4.79 Å². The molecule has 0 atom stereocenters. The van der Waals surface area contributed by atoms with Gasteiger partial charge in [0.1, 0.15) is 19.0 Å². The fourth-order valence-electron chi connectivity index (χ4n) is 2.11. The lowest BCUT2D eigenvalue weighted by Gasteiger charge is -2.09. The van der Waals surface area contributed by atoms with Crippen molar-refractivity contribution in [2.45, 2.75) is 13.8 Å². The molecule has 0 aliphatic rings. The first kappa shape index (κ1) is 15.6. The number of nitriles is 1. The molecule has 0 heterocycles. The summed E-state index contributed by atoms with van der Waals surface area (Å²) >= 11 is 0. The van der Waals surface area contributed by atoms with E-state index in [4.69, 9.17) is 14.7 Å². The van der Waals surface area contributed by atoms with Crippen LogP contribution in [-0.2, 0) is 4.74 Å². The zero-order valence-electron chi connectivity index (χ0n) is 12.6. The number of rotatable bonds is 5. The molecule has 0 bridgehead atoms. The van der Waals surface area contributed by atoms with E-state index in [-0.39, 0.29) is 13.2 Å². The van der Waals surface area contributed by atoms with Gasteiger partial charge in [0.25, 0.3) is 0 Å². The molecule has 0 radical (unpaired) electrons. The maximum atomic E-state index is 11.8. The van der Waals surface area contributed by atoms with E-state index in [1.54, 1.807) is 18.2 Å². The monoisotopic (exact) mass is 295 g/mol. The number of hydrogen-bond acceptors (Lipinski definition) is 4. The fourth-order valence-corrected chi connectivity index (χ4v) is 2.11. The van der Waals surface area contributed by atoms with Crippen LogP contribution in [0.25, 0.3) is 0 Å². The van der Waals surface area contributed by atoms with Crippen molar-refractivity contribution in [3.8, 4) is 11.8 Å². The van der Waals surface area contributed by atoms with E-state index in [2.05, 4.69) is 6.07 Å². The highest BCUT2D eigenvalue weighted by atomic mass is 16.6. The first-order valence-corrected chi connectivity index (χ1v) is 6.97. The van der Waals surface area contributed by atoms with Crippen LogP contribution < -0.4 is 4.74 Å². The van der Waals surface area contributed by atoms with Gasteiger partial charge in [0.15, 0.2) is 0 Å². The summed E-state index contributed by atoms with van der Waals surface area (Å²) in [5, 5.41) is 8.81. The van der Waals surface area contributed by atoms with Crippen LogP contribution in [0.5, 0.6) is 5.75 Å². The Labute approximate surface area is 129 Å². The van der Waals surface area contributed by atoms with E-state index < -0.39 is 5.97 Å². The minimum atomic E-state index is -0.457. The van der Waals surface area contributed by atoms with Gasteiger partial charge in [0.05, 0.1) is 17.2 Å². The highest BCUT2D eigenvalue weighted by Gasteiger charge is 2.07. The molecule has 2 aromatic rings. The number of nitrogens with zero attached hydrogens (tertiary/aromatic N) is 1. The average molecular weight is 295 g/mol. The maximum Gasteiger partial charge on any atom is 0.338 e. The van der Waals surface area contributed by atoms with E-state index in [0.717, 1.165) is 16.9 Å². The third-order valence-electron chi connectivity index (χ3n) is 3.01. The van der Waals surface area contributed by atoms with Gasteiger partial charge in [-0.25, -0.2) is 4.79 Å². The Morgan fingerprint density at radius 3 is 2.50 bits per heavy atom. The molecule has 112 valence electrons. The van der Waals surface area contributed by atoms with E-state index in [0.29, 0.717) is 11.1 Å². The van der Waals surface area contributed by atoms with Crippen molar-refractivity contribution >= 4 is 5.97 Å².